The molecule has 3 nitrogen and oxygen atoms in total. The number of hydrogen-bond acceptors (Lipinski definition) is 3. The summed E-state index contributed by atoms with van der Waals surface area (Å²) in [5, 5.41) is 3.72. The first-order chi connectivity index (χ1) is 9.57. The van der Waals surface area contributed by atoms with Gasteiger partial charge >= 0.3 is 0 Å². The van der Waals surface area contributed by atoms with Gasteiger partial charge < -0.3 is 5.32 Å². The molecule has 2 rings (SSSR count). The number of piperazine rings is 1. The molecular formula is C16H26BrN3. The van der Waals surface area contributed by atoms with E-state index in [-0.39, 0.29) is 5.54 Å². The molecule has 112 valence electrons. The van der Waals surface area contributed by atoms with Gasteiger partial charge in [-0.15, -0.1) is 0 Å². The molecule has 2 atom stereocenters. The standard InChI is InChI=1S/C16H26BrN3/c1-4-6-15-11-20(16(3,5-2)12-19-15)10-13-7-14(17)9-18-8-13/h7-9,15,19H,4-6,10-12H2,1-3H3. The fraction of sp³-hybridized carbons (Fsp3) is 0.688. The van der Waals surface area contributed by atoms with Crippen LogP contribution in [-0.2, 0) is 6.54 Å². The number of nitrogens with zero attached hydrogens (tertiary/aromatic N) is 2. The molecule has 1 fully saturated rings. The molecule has 1 aromatic heterocycles. The van der Waals surface area contributed by atoms with Crippen molar-refractivity contribution < 1.29 is 0 Å². The molecule has 0 spiro atoms. The molecule has 0 aromatic carbocycles. The minimum absolute atomic E-state index is 0.243. The number of hydrogen-bond donors (Lipinski definition) is 1. The minimum Gasteiger partial charge on any atom is -0.311 e. The van der Waals surface area contributed by atoms with Crippen molar-refractivity contribution in [3.8, 4) is 0 Å². The SMILES string of the molecule is CCCC1CN(Cc2cncc(Br)c2)C(C)(CC)CN1. The van der Waals surface area contributed by atoms with E-state index >= 15 is 0 Å². The highest BCUT2D eigenvalue weighted by atomic mass is 79.9. The number of halogens is 1. The number of aromatic nitrogens is 1. The lowest BCUT2D eigenvalue weighted by molar-refractivity contribution is 0.0396. The van der Waals surface area contributed by atoms with Gasteiger partial charge in [-0.2, -0.15) is 0 Å². The first kappa shape index (κ1) is 15.9. The molecule has 1 aliphatic rings. The molecule has 1 N–H and O–H groups in total. The Morgan fingerprint density at radius 3 is 2.90 bits per heavy atom. The third-order valence-corrected chi connectivity index (χ3v) is 4.94. The number of pyridine rings is 1. The molecule has 4 heteroatoms. The van der Waals surface area contributed by atoms with Crippen LogP contribution in [0.5, 0.6) is 0 Å². The fourth-order valence-corrected chi connectivity index (χ4v) is 3.35. The maximum Gasteiger partial charge on any atom is 0.0410 e. The van der Waals surface area contributed by atoms with Gasteiger partial charge in [0.25, 0.3) is 0 Å². The third-order valence-electron chi connectivity index (χ3n) is 4.51. The number of rotatable bonds is 5. The van der Waals surface area contributed by atoms with Gasteiger partial charge in [0.15, 0.2) is 0 Å². The monoisotopic (exact) mass is 339 g/mol. The summed E-state index contributed by atoms with van der Waals surface area (Å²) in [6, 6.07) is 2.81. The van der Waals surface area contributed by atoms with E-state index in [2.05, 4.69) is 58.0 Å². The first-order valence-corrected chi connectivity index (χ1v) is 8.44. The Kier molecular flexibility index (Phi) is 5.58. The second-order valence-electron chi connectivity index (χ2n) is 6.11. The van der Waals surface area contributed by atoms with E-state index in [0.29, 0.717) is 6.04 Å². The van der Waals surface area contributed by atoms with Crippen LogP contribution in [0.15, 0.2) is 22.9 Å². The summed E-state index contributed by atoms with van der Waals surface area (Å²) in [5.74, 6) is 0. The Balaban J connectivity index is 2.11. The Bertz CT molecular complexity index is 437. The Morgan fingerprint density at radius 1 is 1.45 bits per heavy atom. The van der Waals surface area contributed by atoms with Gasteiger partial charge in [0.1, 0.15) is 0 Å². The van der Waals surface area contributed by atoms with Crippen molar-refractivity contribution in [1.29, 1.82) is 0 Å². The van der Waals surface area contributed by atoms with Gasteiger partial charge in [-0.05, 0) is 47.3 Å². The van der Waals surface area contributed by atoms with Gasteiger partial charge in [-0.3, -0.25) is 9.88 Å². The van der Waals surface area contributed by atoms with Gasteiger partial charge in [0.2, 0.25) is 0 Å². The van der Waals surface area contributed by atoms with Crippen LogP contribution < -0.4 is 5.32 Å². The summed E-state index contributed by atoms with van der Waals surface area (Å²) in [5.41, 5.74) is 1.53. The molecule has 0 bridgehead atoms. The normalized spacial score (nSPS) is 27.7. The van der Waals surface area contributed by atoms with Crippen molar-refractivity contribution in [3.05, 3.63) is 28.5 Å². The molecule has 2 unspecified atom stereocenters. The highest BCUT2D eigenvalue weighted by Crippen LogP contribution is 2.26. The van der Waals surface area contributed by atoms with Gasteiger partial charge in [0.05, 0.1) is 0 Å². The molecule has 0 amide bonds. The quantitative estimate of drug-likeness (QED) is 0.888. The van der Waals surface area contributed by atoms with E-state index in [9.17, 15) is 0 Å². The molecule has 20 heavy (non-hydrogen) atoms. The van der Waals surface area contributed by atoms with Crippen LogP contribution in [0.25, 0.3) is 0 Å². The van der Waals surface area contributed by atoms with Crippen LogP contribution in [0.2, 0.25) is 0 Å². The maximum absolute atomic E-state index is 4.29. The molecule has 0 radical (unpaired) electrons. The average molecular weight is 340 g/mol. The van der Waals surface area contributed by atoms with Crippen molar-refractivity contribution in [3.63, 3.8) is 0 Å². The van der Waals surface area contributed by atoms with Crippen molar-refractivity contribution >= 4 is 15.9 Å². The van der Waals surface area contributed by atoms with Crippen LogP contribution in [0.3, 0.4) is 0 Å². The lowest BCUT2D eigenvalue weighted by atomic mass is 9.90. The van der Waals surface area contributed by atoms with Crippen molar-refractivity contribution in [1.82, 2.24) is 15.2 Å². The Hall–Kier alpha value is -0.450. The Labute approximate surface area is 131 Å². The zero-order chi connectivity index (χ0) is 14.6. The third kappa shape index (κ3) is 3.80. The maximum atomic E-state index is 4.29. The number of nitrogens with one attached hydrogen (secondary N) is 1. The summed E-state index contributed by atoms with van der Waals surface area (Å²) in [6.07, 6.45) is 7.50. The van der Waals surface area contributed by atoms with E-state index in [4.69, 9.17) is 0 Å². The zero-order valence-electron chi connectivity index (χ0n) is 12.8. The van der Waals surface area contributed by atoms with Crippen LogP contribution in [0.1, 0.15) is 45.6 Å². The van der Waals surface area contributed by atoms with Gasteiger partial charge in [0, 0.05) is 48.1 Å². The summed E-state index contributed by atoms with van der Waals surface area (Å²) in [4.78, 5) is 6.92. The van der Waals surface area contributed by atoms with E-state index < -0.39 is 0 Å². The van der Waals surface area contributed by atoms with E-state index in [1.807, 2.05) is 12.4 Å². The molecule has 2 heterocycles. The zero-order valence-corrected chi connectivity index (χ0v) is 14.4. The van der Waals surface area contributed by atoms with Crippen molar-refractivity contribution in [2.24, 2.45) is 0 Å². The van der Waals surface area contributed by atoms with Gasteiger partial charge in [-0.1, -0.05) is 20.3 Å². The molecule has 1 aromatic rings. The van der Waals surface area contributed by atoms with E-state index in [0.717, 1.165) is 24.1 Å². The highest BCUT2D eigenvalue weighted by molar-refractivity contribution is 9.10. The van der Waals surface area contributed by atoms with Crippen molar-refractivity contribution in [2.75, 3.05) is 13.1 Å². The van der Waals surface area contributed by atoms with Crippen molar-refractivity contribution in [2.45, 2.75) is 58.2 Å². The summed E-state index contributed by atoms with van der Waals surface area (Å²) in [7, 11) is 0. The molecule has 1 saturated heterocycles. The van der Waals surface area contributed by atoms with E-state index in [1.54, 1.807) is 0 Å². The second kappa shape index (κ2) is 7.01. The predicted molar refractivity (Wildman–Crippen MR) is 87.7 cm³/mol. The van der Waals surface area contributed by atoms with Crippen LogP contribution in [0.4, 0.5) is 0 Å². The molecule has 0 aliphatic carbocycles. The predicted octanol–water partition coefficient (Wildman–Crippen LogP) is 3.59. The van der Waals surface area contributed by atoms with Gasteiger partial charge in [-0.25, -0.2) is 0 Å². The minimum atomic E-state index is 0.243. The Morgan fingerprint density at radius 2 is 2.25 bits per heavy atom. The highest BCUT2D eigenvalue weighted by Gasteiger charge is 2.35. The first-order valence-electron chi connectivity index (χ1n) is 7.65. The summed E-state index contributed by atoms with van der Waals surface area (Å²) in [6.45, 7) is 10.1. The molecular weight excluding hydrogens is 314 g/mol. The van der Waals surface area contributed by atoms with Crippen LogP contribution in [-0.4, -0.2) is 34.6 Å². The second-order valence-corrected chi connectivity index (χ2v) is 7.02. The van der Waals surface area contributed by atoms with Crippen LogP contribution in [0, 0.1) is 0 Å². The smallest absolute Gasteiger partial charge is 0.0410 e. The van der Waals surface area contributed by atoms with Crippen LogP contribution >= 0.6 is 15.9 Å². The average Bonchev–Trinajstić information content (AvgIpc) is 2.43. The largest absolute Gasteiger partial charge is 0.311 e. The summed E-state index contributed by atoms with van der Waals surface area (Å²) >= 11 is 3.52. The summed E-state index contributed by atoms with van der Waals surface area (Å²) < 4.78 is 1.06. The van der Waals surface area contributed by atoms with E-state index in [1.165, 1.54) is 24.8 Å². The lowest BCUT2D eigenvalue weighted by Gasteiger charge is -2.48. The molecule has 0 saturated carbocycles. The fourth-order valence-electron chi connectivity index (χ4n) is 2.94. The lowest BCUT2D eigenvalue weighted by Crippen LogP contribution is -2.62. The topological polar surface area (TPSA) is 28.2 Å². The molecule has 1 aliphatic heterocycles.